The second kappa shape index (κ2) is 8.79. The zero-order valence-electron chi connectivity index (χ0n) is 17.0. The van der Waals surface area contributed by atoms with Crippen molar-refractivity contribution in [2.45, 2.75) is 19.8 Å². The highest BCUT2D eigenvalue weighted by atomic mass is 19.1. The molecular formula is C23H19F2N3O3. The van der Waals surface area contributed by atoms with Crippen molar-refractivity contribution < 1.29 is 23.4 Å². The van der Waals surface area contributed by atoms with Gasteiger partial charge in [0.25, 0.3) is 0 Å². The van der Waals surface area contributed by atoms with E-state index >= 15 is 0 Å². The molecule has 0 unspecified atom stereocenters. The van der Waals surface area contributed by atoms with Crippen molar-refractivity contribution in [1.82, 2.24) is 4.98 Å². The molecule has 0 radical (unpaired) electrons. The summed E-state index contributed by atoms with van der Waals surface area (Å²) < 4.78 is 34.5. The van der Waals surface area contributed by atoms with Crippen molar-refractivity contribution >= 4 is 17.5 Å². The normalized spacial score (nSPS) is 10.6. The van der Waals surface area contributed by atoms with Crippen molar-refractivity contribution in [2.75, 3.05) is 12.4 Å². The van der Waals surface area contributed by atoms with Gasteiger partial charge in [-0.25, -0.2) is 18.6 Å². The maximum absolute atomic E-state index is 14.8. The first kappa shape index (κ1) is 21.7. The number of pyridine rings is 1. The quantitative estimate of drug-likeness (QED) is 0.546. The second-order valence-electron chi connectivity index (χ2n) is 7.00. The van der Waals surface area contributed by atoms with Gasteiger partial charge in [-0.15, -0.1) is 0 Å². The molecule has 0 saturated heterocycles. The van der Waals surface area contributed by atoms with Crippen LogP contribution < -0.4 is 10.1 Å². The molecule has 2 aromatic carbocycles. The number of methoxy groups -OCH3 is 1. The number of hydrogen-bond acceptors (Lipinski definition) is 5. The standard InChI is InChI=1S/C23H19F2N3O3/c1-12(2)14-7-4-6-13(11-26)20(14)27-22-15(23(29)30)10-17(25)21(28-22)19-16(24)8-5-9-18(19)31-3/h4-10,12H,1-3H3,(H,27,28)(H,29,30). The molecule has 1 aromatic heterocycles. The maximum Gasteiger partial charge on any atom is 0.339 e. The molecule has 8 heteroatoms. The molecule has 158 valence electrons. The van der Waals surface area contributed by atoms with Crippen LogP contribution in [-0.4, -0.2) is 23.2 Å². The number of benzene rings is 2. The fraction of sp³-hybridized carbons (Fsp3) is 0.174. The van der Waals surface area contributed by atoms with Crippen molar-refractivity contribution in [2.24, 2.45) is 0 Å². The highest BCUT2D eigenvalue weighted by Crippen LogP contribution is 2.36. The average Bonchev–Trinajstić information content (AvgIpc) is 2.74. The van der Waals surface area contributed by atoms with E-state index < -0.39 is 28.9 Å². The van der Waals surface area contributed by atoms with E-state index in [4.69, 9.17) is 4.74 Å². The Bertz CT molecular complexity index is 1200. The molecule has 1 heterocycles. The smallest absolute Gasteiger partial charge is 0.339 e. The number of halogens is 2. The van der Waals surface area contributed by atoms with Gasteiger partial charge in [-0.1, -0.05) is 32.0 Å². The molecule has 0 aliphatic heterocycles. The molecule has 0 saturated carbocycles. The minimum atomic E-state index is -1.43. The van der Waals surface area contributed by atoms with Crippen LogP contribution in [0.3, 0.4) is 0 Å². The molecule has 0 spiro atoms. The van der Waals surface area contributed by atoms with Gasteiger partial charge in [0.2, 0.25) is 0 Å². The fourth-order valence-electron chi connectivity index (χ4n) is 3.23. The lowest BCUT2D eigenvalue weighted by Gasteiger charge is -2.18. The second-order valence-corrected chi connectivity index (χ2v) is 7.00. The van der Waals surface area contributed by atoms with Gasteiger partial charge in [-0.05, 0) is 35.7 Å². The summed E-state index contributed by atoms with van der Waals surface area (Å²) in [6.07, 6.45) is 0. The largest absolute Gasteiger partial charge is 0.496 e. The van der Waals surface area contributed by atoms with Crippen LogP contribution in [0.1, 0.15) is 41.3 Å². The van der Waals surface area contributed by atoms with Crippen LogP contribution in [0.25, 0.3) is 11.3 Å². The van der Waals surface area contributed by atoms with E-state index in [1.165, 1.54) is 19.2 Å². The predicted molar refractivity (Wildman–Crippen MR) is 112 cm³/mol. The van der Waals surface area contributed by atoms with Gasteiger partial charge < -0.3 is 15.2 Å². The lowest BCUT2D eigenvalue weighted by Crippen LogP contribution is -2.10. The third-order valence-corrected chi connectivity index (χ3v) is 4.72. The first-order chi connectivity index (χ1) is 14.8. The SMILES string of the molecule is COc1cccc(F)c1-c1nc(Nc2c(C#N)cccc2C(C)C)c(C(=O)O)cc1F. The number of aromatic nitrogens is 1. The highest BCUT2D eigenvalue weighted by Gasteiger charge is 2.24. The molecular weight excluding hydrogens is 404 g/mol. The highest BCUT2D eigenvalue weighted by molar-refractivity contribution is 5.95. The van der Waals surface area contributed by atoms with Crippen molar-refractivity contribution in [1.29, 1.82) is 5.26 Å². The summed E-state index contributed by atoms with van der Waals surface area (Å²) in [5, 5.41) is 22.0. The van der Waals surface area contributed by atoms with E-state index in [1.807, 2.05) is 13.8 Å². The van der Waals surface area contributed by atoms with Crippen LogP contribution in [-0.2, 0) is 0 Å². The number of rotatable bonds is 6. The Morgan fingerprint density at radius 1 is 1.19 bits per heavy atom. The zero-order chi connectivity index (χ0) is 22.7. The van der Waals surface area contributed by atoms with E-state index in [2.05, 4.69) is 16.4 Å². The molecule has 2 N–H and O–H groups in total. The zero-order valence-corrected chi connectivity index (χ0v) is 17.0. The third-order valence-electron chi connectivity index (χ3n) is 4.72. The third kappa shape index (κ3) is 4.16. The number of anilines is 2. The topological polar surface area (TPSA) is 95.2 Å². The van der Waals surface area contributed by atoms with E-state index in [0.29, 0.717) is 5.69 Å². The van der Waals surface area contributed by atoms with E-state index in [0.717, 1.165) is 17.7 Å². The van der Waals surface area contributed by atoms with Crippen LogP contribution in [0.15, 0.2) is 42.5 Å². The summed E-state index contributed by atoms with van der Waals surface area (Å²) in [7, 11) is 1.30. The fourth-order valence-corrected chi connectivity index (χ4v) is 3.23. The summed E-state index contributed by atoms with van der Waals surface area (Å²) in [6.45, 7) is 3.82. The molecule has 0 aliphatic rings. The van der Waals surface area contributed by atoms with E-state index in [1.54, 1.807) is 18.2 Å². The number of carboxylic acid groups (broad SMARTS) is 1. The molecule has 0 bridgehead atoms. The monoisotopic (exact) mass is 423 g/mol. The Kier molecular flexibility index (Phi) is 6.16. The summed E-state index contributed by atoms with van der Waals surface area (Å²) in [5.41, 5.74) is 0.250. The maximum atomic E-state index is 14.8. The van der Waals surface area contributed by atoms with Crippen molar-refractivity contribution in [3.05, 3.63) is 70.8 Å². The molecule has 0 atom stereocenters. The van der Waals surface area contributed by atoms with Crippen molar-refractivity contribution in [3.63, 3.8) is 0 Å². The Balaban J connectivity index is 2.27. The van der Waals surface area contributed by atoms with Gasteiger partial charge in [-0.2, -0.15) is 5.26 Å². The number of nitrogens with one attached hydrogen (secondary N) is 1. The van der Waals surface area contributed by atoms with Gasteiger partial charge in [-0.3, -0.25) is 0 Å². The summed E-state index contributed by atoms with van der Waals surface area (Å²) in [4.78, 5) is 15.9. The van der Waals surface area contributed by atoms with Gasteiger partial charge >= 0.3 is 5.97 Å². The Labute approximate surface area is 177 Å². The molecule has 6 nitrogen and oxygen atoms in total. The lowest BCUT2D eigenvalue weighted by atomic mass is 9.98. The van der Waals surface area contributed by atoms with Gasteiger partial charge in [0, 0.05) is 0 Å². The molecule has 3 rings (SSSR count). The van der Waals surface area contributed by atoms with E-state index in [9.17, 15) is 23.9 Å². The van der Waals surface area contributed by atoms with Crippen LogP contribution >= 0.6 is 0 Å². The Hall–Kier alpha value is -3.99. The minimum Gasteiger partial charge on any atom is -0.496 e. The number of nitriles is 1. The van der Waals surface area contributed by atoms with Gasteiger partial charge in [0.15, 0.2) is 5.82 Å². The number of aromatic carboxylic acids is 1. The number of ether oxygens (including phenoxy) is 1. The first-order valence-electron chi connectivity index (χ1n) is 9.35. The number of nitrogens with zero attached hydrogens (tertiary/aromatic N) is 2. The number of carbonyl (C=O) groups is 1. The minimum absolute atomic E-state index is 0.00402. The molecule has 31 heavy (non-hydrogen) atoms. The van der Waals surface area contributed by atoms with Gasteiger partial charge in [0.1, 0.15) is 34.7 Å². The molecule has 0 fully saturated rings. The average molecular weight is 423 g/mol. The Morgan fingerprint density at radius 3 is 2.52 bits per heavy atom. The van der Waals surface area contributed by atoms with Crippen molar-refractivity contribution in [3.8, 4) is 23.1 Å². The summed E-state index contributed by atoms with van der Waals surface area (Å²) in [5.74, 6) is -3.42. The predicted octanol–water partition coefficient (Wildman–Crippen LogP) is 5.47. The molecule has 0 amide bonds. The number of hydrogen-bond donors (Lipinski definition) is 2. The molecule has 3 aromatic rings. The number of para-hydroxylation sites is 1. The summed E-state index contributed by atoms with van der Waals surface area (Å²) in [6, 6.07) is 11.9. The first-order valence-corrected chi connectivity index (χ1v) is 9.35. The van der Waals surface area contributed by atoms with Crippen LogP contribution in [0, 0.1) is 23.0 Å². The van der Waals surface area contributed by atoms with Crippen LogP contribution in [0.2, 0.25) is 0 Å². The lowest BCUT2D eigenvalue weighted by molar-refractivity contribution is 0.0697. The molecule has 0 aliphatic carbocycles. The number of carboxylic acids is 1. The van der Waals surface area contributed by atoms with Gasteiger partial charge in [0.05, 0.1) is 23.9 Å². The Morgan fingerprint density at radius 2 is 1.90 bits per heavy atom. The summed E-state index contributed by atoms with van der Waals surface area (Å²) >= 11 is 0. The van der Waals surface area contributed by atoms with Crippen LogP contribution in [0.5, 0.6) is 5.75 Å². The van der Waals surface area contributed by atoms with Crippen LogP contribution in [0.4, 0.5) is 20.3 Å². The van der Waals surface area contributed by atoms with E-state index in [-0.39, 0.29) is 28.6 Å².